The molecular weight excluding hydrogens is 315 g/mol. The second-order valence-electron chi connectivity index (χ2n) is 4.82. The van der Waals surface area contributed by atoms with E-state index in [2.05, 4.69) is 0 Å². The number of hydrogen-bond acceptors (Lipinski definition) is 5. The van der Waals surface area contributed by atoms with Crippen molar-refractivity contribution in [3.05, 3.63) is 53.4 Å². The molecule has 0 radical (unpaired) electrons. The number of rotatable bonds is 6. The molecule has 1 N–H and O–H groups in total. The number of aromatic hydroxyl groups is 1. The van der Waals surface area contributed by atoms with Crippen LogP contribution in [0.5, 0.6) is 23.0 Å². The Kier molecular flexibility index (Phi) is 5.42. The molecule has 0 amide bonds. The highest BCUT2D eigenvalue weighted by molar-refractivity contribution is 6.06. The number of carbonyl (C=O) groups excluding carboxylic acids is 1. The molecule has 0 atom stereocenters. The number of ether oxygens (including phenoxy) is 3. The van der Waals surface area contributed by atoms with Gasteiger partial charge in [0.2, 0.25) is 5.75 Å². The van der Waals surface area contributed by atoms with Gasteiger partial charge in [-0.05, 0) is 42.0 Å². The number of phenols is 1. The molecule has 0 aromatic heterocycles. The lowest BCUT2D eigenvalue weighted by Crippen LogP contribution is -1.97. The molecule has 0 saturated heterocycles. The maximum atomic E-state index is 13.7. The van der Waals surface area contributed by atoms with Crippen molar-refractivity contribution < 1.29 is 28.5 Å². The van der Waals surface area contributed by atoms with Gasteiger partial charge < -0.3 is 19.3 Å². The van der Waals surface area contributed by atoms with Crippen LogP contribution in [0.4, 0.5) is 4.39 Å². The summed E-state index contributed by atoms with van der Waals surface area (Å²) in [5.74, 6) is -0.592. The SMILES string of the molecule is COc1ccc(C(=O)/C=C/c2cc(OC)c(O)c(OC)c2)cc1F. The van der Waals surface area contributed by atoms with E-state index in [1.54, 1.807) is 12.1 Å². The van der Waals surface area contributed by atoms with Crippen molar-refractivity contribution in [3.63, 3.8) is 0 Å². The Morgan fingerprint density at radius 1 is 1.00 bits per heavy atom. The van der Waals surface area contributed by atoms with Crippen LogP contribution in [0.2, 0.25) is 0 Å². The van der Waals surface area contributed by atoms with Gasteiger partial charge in [0.1, 0.15) is 0 Å². The molecule has 6 heteroatoms. The third-order valence-corrected chi connectivity index (χ3v) is 3.37. The van der Waals surface area contributed by atoms with Gasteiger partial charge in [-0.1, -0.05) is 6.08 Å². The maximum Gasteiger partial charge on any atom is 0.200 e. The highest BCUT2D eigenvalue weighted by atomic mass is 19.1. The molecule has 0 aliphatic carbocycles. The molecule has 0 fully saturated rings. The van der Waals surface area contributed by atoms with E-state index < -0.39 is 5.82 Å². The molecule has 0 saturated carbocycles. The molecule has 5 nitrogen and oxygen atoms in total. The van der Waals surface area contributed by atoms with Crippen LogP contribution in [0, 0.1) is 5.82 Å². The summed E-state index contributed by atoms with van der Waals surface area (Å²) in [6.45, 7) is 0. The molecule has 0 bridgehead atoms. The van der Waals surface area contributed by atoms with Gasteiger partial charge in [0.15, 0.2) is 28.8 Å². The van der Waals surface area contributed by atoms with Gasteiger partial charge in [-0.25, -0.2) is 4.39 Å². The molecular formula is C18H17FO5. The number of carbonyl (C=O) groups is 1. The van der Waals surface area contributed by atoms with Crippen molar-refractivity contribution in [1.82, 2.24) is 0 Å². The predicted octanol–water partition coefficient (Wildman–Crippen LogP) is 3.45. The van der Waals surface area contributed by atoms with Crippen molar-refractivity contribution in [2.24, 2.45) is 0 Å². The van der Waals surface area contributed by atoms with Crippen molar-refractivity contribution in [2.75, 3.05) is 21.3 Å². The van der Waals surface area contributed by atoms with Gasteiger partial charge in [0.25, 0.3) is 0 Å². The van der Waals surface area contributed by atoms with E-state index in [9.17, 15) is 14.3 Å². The smallest absolute Gasteiger partial charge is 0.200 e. The van der Waals surface area contributed by atoms with Crippen molar-refractivity contribution in [1.29, 1.82) is 0 Å². The average molecular weight is 332 g/mol. The van der Waals surface area contributed by atoms with E-state index in [1.807, 2.05) is 0 Å². The third kappa shape index (κ3) is 3.65. The number of phenolic OH excluding ortho intramolecular Hbond substituents is 1. The van der Waals surface area contributed by atoms with E-state index in [0.717, 1.165) is 6.07 Å². The Hall–Kier alpha value is -3.02. The zero-order chi connectivity index (χ0) is 17.7. The normalized spacial score (nSPS) is 10.7. The molecule has 0 aliphatic rings. The minimum Gasteiger partial charge on any atom is -0.502 e. The summed E-state index contributed by atoms with van der Waals surface area (Å²) < 4.78 is 28.6. The van der Waals surface area contributed by atoms with Gasteiger partial charge in [-0.15, -0.1) is 0 Å². The van der Waals surface area contributed by atoms with E-state index in [-0.39, 0.29) is 34.3 Å². The van der Waals surface area contributed by atoms with E-state index in [4.69, 9.17) is 14.2 Å². The van der Waals surface area contributed by atoms with Crippen LogP contribution >= 0.6 is 0 Å². The summed E-state index contributed by atoms with van der Waals surface area (Å²) in [5, 5.41) is 9.85. The standard InChI is InChI=1S/C18H17FO5/c1-22-15-7-5-12(10-13(15)19)14(20)6-4-11-8-16(23-2)18(21)17(9-11)24-3/h4-10,21H,1-3H3/b6-4+. The van der Waals surface area contributed by atoms with Gasteiger partial charge >= 0.3 is 0 Å². The number of hydrogen-bond donors (Lipinski definition) is 1. The van der Waals surface area contributed by atoms with Crippen molar-refractivity contribution >= 4 is 11.9 Å². The molecule has 24 heavy (non-hydrogen) atoms. The lowest BCUT2D eigenvalue weighted by molar-refractivity contribution is 0.104. The van der Waals surface area contributed by atoms with Crippen LogP contribution in [-0.2, 0) is 0 Å². The summed E-state index contributed by atoms with van der Waals surface area (Å²) in [4.78, 5) is 12.1. The zero-order valence-corrected chi connectivity index (χ0v) is 13.5. The molecule has 0 heterocycles. The number of allylic oxidation sites excluding steroid dienone is 1. The van der Waals surface area contributed by atoms with Crippen LogP contribution in [0.25, 0.3) is 6.08 Å². The fraction of sp³-hybridized carbons (Fsp3) is 0.167. The van der Waals surface area contributed by atoms with Gasteiger partial charge in [0, 0.05) is 5.56 Å². The predicted molar refractivity (Wildman–Crippen MR) is 87.5 cm³/mol. The van der Waals surface area contributed by atoms with E-state index in [1.165, 1.54) is 45.6 Å². The zero-order valence-electron chi connectivity index (χ0n) is 13.5. The summed E-state index contributed by atoms with van der Waals surface area (Å²) in [6.07, 6.45) is 2.82. The largest absolute Gasteiger partial charge is 0.502 e. The topological polar surface area (TPSA) is 65.0 Å². The number of methoxy groups -OCH3 is 3. The second kappa shape index (κ2) is 7.50. The molecule has 0 aliphatic heterocycles. The highest BCUT2D eigenvalue weighted by Gasteiger charge is 2.11. The van der Waals surface area contributed by atoms with E-state index >= 15 is 0 Å². The van der Waals surface area contributed by atoms with Crippen LogP contribution in [-0.4, -0.2) is 32.2 Å². The first-order chi connectivity index (χ1) is 11.5. The summed E-state index contributed by atoms with van der Waals surface area (Å²) in [6, 6.07) is 7.09. The number of ketones is 1. The fourth-order valence-corrected chi connectivity index (χ4v) is 2.10. The van der Waals surface area contributed by atoms with Crippen molar-refractivity contribution in [2.45, 2.75) is 0 Å². The Morgan fingerprint density at radius 2 is 1.58 bits per heavy atom. The number of benzene rings is 2. The average Bonchev–Trinajstić information content (AvgIpc) is 2.60. The van der Waals surface area contributed by atoms with Crippen LogP contribution in [0.15, 0.2) is 36.4 Å². The van der Waals surface area contributed by atoms with Gasteiger partial charge in [-0.3, -0.25) is 4.79 Å². The van der Waals surface area contributed by atoms with Crippen LogP contribution in [0.1, 0.15) is 15.9 Å². The van der Waals surface area contributed by atoms with Gasteiger partial charge in [0.05, 0.1) is 21.3 Å². The first kappa shape index (κ1) is 17.3. The summed E-state index contributed by atoms with van der Waals surface area (Å²) in [5.41, 5.74) is 0.783. The Bertz CT molecular complexity index is 758. The highest BCUT2D eigenvalue weighted by Crippen LogP contribution is 2.37. The molecule has 0 unspecified atom stereocenters. The lowest BCUT2D eigenvalue weighted by atomic mass is 10.1. The second-order valence-corrected chi connectivity index (χ2v) is 4.82. The third-order valence-electron chi connectivity index (χ3n) is 3.37. The first-order valence-electron chi connectivity index (χ1n) is 7.01. The Labute approximate surface area is 138 Å². The van der Waals surface area contributed by atoms with Crippen LogP contribution < -0.4 is 14.2 Å². The maximum absolute atomic E-state index is 13.7. The molecule has 126 valence electrons. The molecule has 0 spiro atoms. The first-order valence-corrected chi connectivity index (χ1v) is 7.01. The molecule has 2 rings (SSSR count). The lowest BCUT2D eigenvalue weighted by Gasteiger charge is -2.09. The van der Waals surface area contributed by atoms with Gasteiger partial charge in [-0.2, -0.15) is 0 Å². The van der Waals surface area contributed by atoms with E-state index in [0.29, 0.717) is 5.56 Å². The minimum atomic E-state index is -0.607. The minimum absolute atomic E-state index is 0.0727. The quantitative estimate of drug-likeness (QED) is 0.648. The van der Waals surface area contributed by atoms with Crippen molar-refractivity contribution in [3.8, 4) is 23.0 Å². The number of halogens is 1. The summed E-state index contributed by atoms with van der Waals surface area (Å²) in [7, 11) is 4.17. The monoisotopic (exact) mass is 332 g/mol. The fourth-order valence-electron chi connectivity index (χ4n) is 2.10. The Morgan fingerprint density at radius 3 is 2.08 bits per heavy atom. The van der Waals surface area contributed by atoms with Crippen LogP contribution in [0.3, 0.4) is 0 Å². The molecule has 2 aromatic rings. The molecule has 2 aromatic carbocycles. The summed E-state index contributed by atoms with van der Waals surface area (Å²) >= 11 is 0. The Balaban J connectivity index is 2.27.